The minimum atomic E-state index is 0.273. The van der Waals surface area contributed by atoms with E-state index in [0.29, 0.717) is 6.42 Å². The third-order valence-electron chi connectivity index (χ3n) is 5.19. The topological polar surface area (TPSA) is 23.6 Å². The Kier molecular flexibility index (Phi) is 13.5. The van der Waals surface area contributed by atoms with Gasteiger partial charge in [-0.1, -0.05) is 96.8 Å². The molecule has 1 rings (SSSR count). The van der Waals surface area contributed by atoms with Crippen molar-refractivity contribution in [1.29, 1.82) is 0 Å². The molecule has 3 nitrogen and oxygen atoms in total. The summed E-state index contributed by atoms with van der Waals surface area (Å²) in [5, 5.41) is 0. The Morgan fingerprint density at radius 3 is 1.56 bits per heavy atom. The number of hydrogen-bond donors (Lipinski definition) is 0. The Morgan fingerprint density at radius 2 is 1.16 bits per heavy atom. The largest absolute Gasteiger partial charge is 0.361 e. The summed E-state index contributed by atoms with van der Waals surface area (Å²) in [6, 6.07) is 0. The summed E-state index contributed by atoms with van der Waals surface area (Å²) in [6.45, 7) is 3.00. The van der Waals surface area contributed by atoms with Crippen LogP contribution in [-0.4, -0.2) is 29.4 Å². The van der Waals surface area contributed by atoms with Gasteiger partial charge >= 0.3 is 0 Å². The number of rotatable bonds is 16. The quantitative estimate of drug-likeness (QED) is 0.299. The van der Waals surface area contributed by atoms with E-state index in [9.17, 15) is 4.79 Å². The monoisotopic (exact) mass is 350 g/mol. The SMILES string of the molecule is CCCCCCCCCCCCCCCCCC(=O)N1C=CN(C)C1. The zero-order valence-corrected chi connectivity index (χ0v) is 17.0. The van der Waals surface area contributed by atoms with Crippen LogP contribution in [0.15, 0.2) is 12.4 Å². The van der Waals surface area contributed by atoms with Crippen LogP contribution < -0.4 is 0 Å². The highest BCUT2D eigenvalue weighted by atomic mass is 16.2. The first-order chi connectivity index (χ1) is 12.2. The third kappa shape index (κ3) is 12.1. The molecule has 0 fully saturated rings. The smallest absolute Gasteiger partial charge is 0.228 e. The molecule has 0 unspecified atom stereocenters. The predicted octanol–water partition coefficient (Wildman–Crippen LogP) is 6.45. The van der Waals surface area contributed by atoms with Gasteiger partial charge in [0, 0.05) is 25.9 Å². The summed E-state index contributed by atoms with van der Waals surface area (Å²) in [7, 11) is 2.00. The molecule has 0 aromatic carbocycles. The summed E-state index contributed by atoms with van der Waals surface area (Å²) in [4.78, 5) is 15.8. The van der Waals surface area contributed by atoms with Gasteiger partial charge in [0.05, 0.1) is 6.67 Å². The van der Waals surface area contributed by atoms with Gasteiger partial charge in [0.2, 0.25) is 5.91 Å². The standard InChI is InChI=1S/C22H42N2O/c1-3-4-5-6-7-8-9-10-11-12-13-14-15-16-17-18-22(25)24-20-19-23(2)21-24/h19-20H,3-18,21H2,1-2H3. The lowest BCUT2D eigenvalue weighted by Gasteiger charge is -2.16. The highest BCUT2D eigenvalue weighted by Crippen LogP contribution is 2.14. The van der Waals surface area contributed by atoms with Crippen molar-refractivity contribution in [3.63, 3.8) is 0 Å². The third-order valence-corrected chi connectivity index (χ3v) is 5.19. The lowest BCUT2D eigenvalue weighted by atomic mass is 10.0. The van der Waals surface area contributed by atoms with Crippen molar-refractivity contribution in [2.45, 2.75) is 110 Å². The summed E-state index contributed by atoms with van der Waals surface area (Å²) in [5.41, 5.74) is 0. The normalized spacial score (nSPS) is 13.8. The summed E-state index contributed by atoms with van der Waals surface area (Å²) in [6.07, 6.45) is 25.1. The Bertz CT molecular complexity index is 354. The Balaban J connectivity index is 1.75. The maximum Gasteiger partial charge on any atom is 0.228 e. The molecule has 1 aliphatic heterocycles. The maximum absolute atomic E-state index is 12.0. The van der Waals surface area contributed by atoms with E-state index in [1.165, 1.54) is 89.9 Å². The number of nitrogens with zero attached hydrogens (tertiary/aromatic N) is 2. The Morgan fingerprint density at radius 1 is 0.720 bits per heavy atom. The van der Waals surface area contributed by atoms with Crippen molar-refractivity contribution in [3.05, 3.63) is 12.4 Å². The molecule has 0 aliphatic carbocycles. The molecule has 0 aromatic rings. The number of unbranched alkanes of at least 4 members (excludes halogenated alkanes) is 14. The highest BCUT2D eigenvalue weighted by Gasteiger charge is 2.15. The minimum absolute atomic E-state index is 0.273. The van der Waals surface area contributed by atoms with E-state index in [1.54, 1.807) is 0 Å². The van der Waals surface area contributed by atoms with Crippen molar-refractivity contribution in [3.8, 4) is 0 Å². The number of hydrogen-bond acceptors (Lipinski definition) is 2. The fourth-order valence-electron chi connectivity index (χ4n) is 3.48. The average molecular weight is 351 g/mol. The summed E-state index contributed by atoms with van der Waals surface area (Å²) < 4.78 is 0. The molecule has 25 heavy (non-hydrogen) atoms. The average Bonchev–Trinajstić information content (AvgIpc) is 3.04. The van der Waals surface area contributed by atoms with Gasteiger partial charge in [0.1, 0.15) is 0 Å². The summed E-state index contributed by atoms with van der Waals surface area (Å²) in [5.74, 6) is 0.273. The second-order valence-electron chi connectivity index (χ2n) is 7.76. The molecule has 0 bridgehead atoms. The molecule has 0 spiro atoms. The molecule has 3 heteroatoms. The Hall–Kier alpha value is -0.990. The predicted molar refractivity (Wildman–Crippen MR) is 108 cm³/mol. The molecular formula is C22H42N2O. The molecular weight excluding hydrogens is 308 g/mol. The van der Waals surface area contributed by atoms with E-state index in [4.69, 9.17) is 0 Å². The number of carbonyl (C=O) groups is 1. The van der Waals surface area contributed by atoms with Gasteiger partial charge in [0.25, 0.3) is 0 Å². The van der Waals surface area contributed by atoms with Crippen LogP contribution in [0.4, 0.5) is 0 Å². The molecule has 0 saturated heterocycles. The molecule has 1 amide bonds. The number of carbonyl (C=O) groups excluding carboxylic acids is 1. The highest BCUT2D eigenvalue weighted by molar-refractivity contribution is 5.77. The van der Waals surface area contributed by atoms with E-state index >= 15 is 0 Å². The van der Waals surface area contributed by atoms with Crippen LogP contribution >= 0.6 is 0 Å². The molecule has 0 atom stereocenters. The van der Waals surface area contributed by atoms with Crippen LogP contribution in [0.5, 0.6) is 0 Å². The van der Waals surface area contributed by atoms with Crippen molar-refractivity contribution in [2.75, 3.05) is 13.7 Å². The molecule has 146 valence electrons. The van der Waals surface area contributed by atoms with Gasteiger partial charge in [-0.05, 0) is 6.42 Å². The zero-order valence-electron chi connectivity index (χ0n) is 17.0. The van der Waals surface area contributed by atoms with Gasteiger partial charge in [-0.3, -0.25) is 9.69 Å². The van der Waals surface area contributed by atoms with Crippen LogP contribution in [-0.2, 0) is 4.79 Å². The zero-order chi connectivity index (χ0) is 18.2. The molecule has 0 N–H and O–H groups in total. The van der Waals surface area contributed by atoms with E-state index in [2.05, 4.69) is 6.92 Å². The van der Waals surface area contributed by atoms with E-state index in [0.717, 1.165) is 13.1 Å². The maximum atomic E-state index is 12.0. The molecule has 0 radical (unpaired) electrons. The van der Waals surface area contributed by atoms with Crippen molar-refractivity contribution in [1.82, 2.24) is 9.80 Å². The molecule has 0 aromatic heterocycles. The van der Waals surface area contributed by atoms with Crippen molar-refractivity contribution >= 4 is 5.91 Å². The second-order valence-corrected chi connectivity index (χ2v) is 7.76. The molecule has 0 saturated carbocycles. The van der Waals surface area contributed by atoms with E-state index < -0.39 is 0 Å². The van der Waals surface area contributed by atoms with Crippen molar-refractivity contribution < 1.29 is 4.79 Å². The van der Waals surface area contributed by atoms with Gasteiger partial charge in [-0.15, -0.1) is 0 Å². The fourth-order valence-corrected chi connectivity index (χ4v) is 3.48. The van der Waals surface area contributed by atoms with Crippen LogP contribution in [0.3, 0.4) is 0 Å². The van der Waals surface area contributed by atoms with Crippen molar-refractivity contribution in [2.24, 2.45) is 0 Å². The van der Waals surface area contributed by atoms with Gasteiger partial charge < -0.3 is 4.90 Å². The first-order valence-corrected chi connectivity index (χ1v) is 10.9. The lowest BCUT2D eigenvalue weighted by molar-refractivity contribution is -0.129. The van der Waals surface area contributed by atoms with Gasteiger partial charge in [-0.2, -0.15) is 0 Å². The Labute approximate surface area is 156 Å². The summed E-state index contributed by atoms with van der Waals surface area (Å²) >= 11 is 0. The van der Waals surface area contributed by atoms with Crippen LogP contribution in [0.25, 0.3) is 0 Å². The van der Waals surface area contributed by atoms with Crippen LogP contribution in [0.1, 0.15) is 110 Å². The fraction of sp³-hybridized carbons (Fsp3) is 0.864. The van der Waals surface area contributed by atoms with Crippen LogP contribution in [0.2, 0.25) is 0 Å². The van der Waals surface area contributed by atoms with Gasteiger partial charge in [-0.25, -0.2) is 0 Å². The van der Waals surface area contributed by atoms with E-state index in [1.807, 2.05) is 29.2 Å². The first-order valence-electron chi connectivity index (χ1n) is 10.9. The molecule has 1 heterocycles. The lowest BCUT2D eigenvalue weighted by Crippen LogP contribution is -2.28. The van der Waals surface area contributed by atoms with E-state index in [-0.39, 0.29) is 5.91 Å². The first kappa shape index (κ1) is 22.1. The number of amides is 1. The van der Waals surface area contributed by atoms with Gasteiger partial charge in [0.15, 0.2) is 0 Å². The molecule has 1 aliphatic rings. The second kappa shape index (κ2) is 15.3. The van der Waals surface area contributed by atoms with Crippen LogP contribution in [0, 0.1) is 0 Å². The minimum Gasteiger partial charge on any atom is -0.361 e.